The molecule has 15 heavy (non-hydrogen) atoms. The monoisotopic (exact) mass is 197 g/mol. The van der Waals surface area contributed by atoms with Crippen molar-refractivity contribution >= 4 is 23.1 Å². The quantitative estimate of drug-likeness (QED) is 0.708. The largest absolute Gasteiger partial charge is 0.303 e. The van der Waals surface area contributed by atoms with Gasteiger partial charge in [0.1, 0.15) is 6.29 Å². The summed E-state index contributed by atoms with van der Waals surface area (Å²) in [6.45, 7) is 0. The molecule has 1 aromatic carbocycles. The molecule has 0 atom stereocenters. The van der Waals surface area contributed by atoms with Gasteiger partial charge in [0.25, 0.3) is 0 Å². The summed E-state index contributed by atoms with van der Waals surface area (Å²) in [5.74, 6) is 0. The minimum absolute atomic E-state index is 0.455. The van der Waals surface area contributed by atoms with Crippen LogP contribution < -0.4 is 0 Å². The summed E-state index contributed by atoms with van der Waals surface area (Å²) in [7, 11) is 0. The standard InChI is InChI=1S/C13H11NO/c15-9-2-1-4-11-5-3-6-12-7-8-14-10-13(11)12/h1,3-10H,2H2. The molecule has 0 aliphatic carbocycles. The van der Waals surface area contributed by atoms with Crippen LogP contribution in [0.4, 0.5) is 0 Å². The zero-order valence-corrected chi connectivity index (χ0v) is 8.26. The SMILES string of the molecule is O=CCC=Cc1cccc2ccncc12. The summed E-state index contributed by atoms with van der Waals surface area (Å²) in [4.78, 5) is 14.3. The Kier molecular flexibility index (Phi) is 2.88. The van der Waals surface area contributed by atoms with E-state index in [0.29, 0.717) is 6.42 Å². The number of fused-ring (bicyclic) bond motifs is 1. The predicted molar refractivity (Wildman–Crippen MR) is 61.5 cm³/mol. The molecule has 2 aromatic rings. The Morgan fingerprint density at radius 1 is 1.27 bits per heavy atom. The van der Waals surface area contributed by atoms with Crippen molar-refractivity contribution in [1.29, 1.82) is 0 Å². The zero-order valence-electron chi connectivity index (χ0n) is 8.26. The molecule has 0 aliphatic heterocycles. The number of pyridine rings is 1. The highest BCUT2D eigenvalue weighted by Gasteiger charge is 1.95. The highest BCUT2D eigenvalue weighted by molar-refractivity contribution is 5.89. The van der Waals surface area contributed by atoms with Gasteiger partial charge in [0.2, 0.25) is 0 Å². The number of allylic oxidation sites excluding steroid dienone is 1. The van der Waals surface area contributed by atoms with Gasteiger partial charge in [-0.05, 0) is 17.0 Å². The van der Waals surface area contributed by atoms with Gasteiger partial charge >= 0.3 is 0 Å². The van der Waals surface area contributed by atoms with Gasteiger partial charge in [-0.15, -0.1) is 0 Å². The molecule has 0 fully saturated rings. The van der Waals surface area contributed by atoms with Crippen LogP contribution in [0.3, 0.4) is 0 Å². The molecule has 0 unspecified atom stereocenters. The van der Waals surface area contributed by atoms with Crippen molar-refractivity contribution in [2.45, 2.75) is 6.42 Å². The van der Waals surface area contributed by atoms with Crippen LogP contribution in [-0.2, 0) is 4.79 Å². The van der Waals surface area contributed by atoms with Crippen LogP contribution in [-0.4, -0.2) is 11.3 Å². The lowest BCUT2D eigenvalue weighted by Gasteiger charge is -2.00. The van der Waals surface area contributed by atoms with E-state index in [1.165, 1.54) is 5.39 Å². The van der Waals surface area contributed by atoms with Crippen molar-refractivity contribution in [3.05, 3.63) is 48.3 Å². The minimum atomic E-state index is 0.455. The molecule has 0 aliphatic rings. The number of carbonyl (C=O) groups excluding carboxylic acids is 1. The number of rotatable bonds is 3. The zero-order chi connectivity index (χ0) is 10.5. The van der Waals surface area contributed by atoms with E-state index in [1.807, 2.05) is 42.6 Å². The molecule has 2 rings (SSSR count). The molecule has 0 saturated heterocycles. The van der Waals surface area contributed by atoms with Gasteiger partial charge in [-0.25, -0.2) is 0 Å². The maximum atomic E-state index is 10.2. The lowest BCUT2D eigenvalue weighted by Crippen LogP contribution is -1.79. The highest BCUT2D eigenvalue weighted by atomic mass is 16.1. The third-order valence-electron chi connectivity index (χ3n) is 2.25. The van der Waals surface area contributed by atoms with E-state index in [-0.39, 0.29) is 0 Å². The first kappa shape index (κ1) is 9.59. The molecule has 1 aromatic heterocycles. The molecule has 0 bridgehead atoms. The number of aldehydes is 1. The van der Waals surface area contributed by atoms with E-state index >= 15 is 0 Å². The summed E-state index contributed by atoms with van der Waals surface area (Å²) >= 11 is 0. The van der Waals surface area contributed by atoms with Crippen molar-refractivity contribution in [2.75, 3.05) is 0 Å². The normalized spacial score (nSPS) is 10.9. The van der Waals surface area contributed by atoms with Crippen LogP contribution in [0, 0.1) is 0 Å². The Hall–Kier alpha value is -1.96. The van der Waals surface area contributed by atoms with Crippen LogP contribution in [0.1, 0.15) is 12.0 Å². The van der Waals surface area contributed by atoms with Crippen LogP contribution >= 0.6 is 0 Å². The molecule has 0 saturated carbocycles. The Bertz CT molecular complexity index is 497. The van der Waals surface area contributed by atoms with E-state index in [9.17, 15) is 4.79 Å². The Morgan fingerprint density at radius 2 is 2.20 bits per heavy atom. The molecule has 0 N–H and O–H groups in total. The number of nitrogens with zero attached hydrogens (tertiary/aromatic N) is 1. The van der Waals surface area contributed by atoms with E-state index in [4.69, 9.17) is 0 Å². The number of aromatic nitrogens is 1. The summed E-state index contributed by atoms with van der Waals surface area (Å²) in [6.07, 6.45) is 8.78. The number of hydrogen-bond acceptors (Lipinski definition) is 2. The summed E-state index contributed by atoms with van der Waals surface area (Å²) in [5, 5.41) is 2.28. The van der Waals surface area contributed by atoms with Gasteiger partial charge in [-0.1, -0.05) is 30.4 Å². The first-order valence-electron chi connectivity index (χ1n) is 4.85. The molecule has 0 radical (unpaired) electrons. The first-order valence-corrected chi connectivity index (χ1v) is 4.85. The summed E-state index contributed by atoms with van der Waals surface area (Å²) in [6, 6.07) is 8.05. The topological polar surface area (TPSA) is 30.0 Å². The molecule has 0 amide bonds. The molecule has 2 heteroatoms. The third kappa shape index (κ3) is 2.10. The molecule has 0 spiro atoms. The number of hydrogen-bond donors (Lipinski definition) is 0. The van der Waals surface area contributed by atoms with Gasteiger partial charge in [0.05, 0.1) is 0 Å². The van der Waals surface area contributed by atoms with Crippen molar-refractivity contribution in [2.24, 2.45) is 0 Å². The van der Waals surface area contributed by atoms with Gasteiger partial charge in [0, 0.05) is 24.2 Å². The van der Waals surface area contributed by atoms with Gasteiger partial charge in [-0.2, -0.15) is 0 Å². The van der Waals surface area contributed by atoms with Crippen molar-refractivity contribution in [3.8, 4) is 0 Å². The predicted octanol–water partition coefficient (Wildman–Crippen LogP) is 2.84. The van der Waals surface area contributed by atoms with E-state index in [0.717, 1.165) is 17.2 Å². The Balaban J connectivity index is 2.46. The fraction of sp³-hybridized carbons (Fsp3) is 0.0769. The van der Waals surface area contributed by atoms with Crippen LogP contribution in [0.15, 0.2) is 42.7 Å². The average Bonchev–Trinajstić information content (AvgIpc) is 2.30. The van der Waals surface area contributed by atoms with Crippen LogP contribution in [0.25, 0.3) is 16.8 Å². The fourth-order valence-electron chi connectivity index (χ4n) is 1.53. The Morgan fingerprint density at radius 3 is 3.07 bits per heavy atom. The van der Waals surface area contributed by atoms with E-state index in [2.05, 4.69) is 4.98 Å². The van der Waals surface area contributed by atoms with Crippen molar-refractivity contribution in [1.82, 2.24) is 4.98 Å². The maximum Gasteiger partial charge on any atom is 0.123 e. The highest BCUT2D eigenvalue weighted by Crippen LogP contribution is 2.18. The second-order valence-corrected chi connectivity index (χ2v) is 3.25. The number of carbonyl (C=O) groups is 1. The fourth-order valence-corrected chi connectivity index (χ4v) is 1.53. The second-order valence-electron chi connectivity index (χ2n) is 3.25. The van der Waals surface area contributed by atoms with E-state index < -0.39 is 0 Å². The lowest BCUT2D eigenvalue weighted by atomic mass is 10.1. The smallest absolute Gasteiger partial charge is 0.123 e. The third-order valence-corrected chi connectivity index (χ3v) is 2.25. The molecule has 1 heterocycles. The van der Waals surface area contributed by atoms with Crippen LogP contribution in [0.2, 0.25) is 0 Å². The molecule has 74 valence electrons. The molecule has 2 nitrogen and oxygen atoms in total. The van der Waals surface area contributed by atoms with Gasteiger partial charge in [0.15, 0.2) is 0 Å². The first-order chi connectivity index (χ1) is 7.42. The average molecular weight is 197 g/mol. The Labute approximate surface area is 88.3 Å². The second kappa shape index (κ2) is 4.51. The van der Waals surface area contributed by atoms with E-state index in [1.54, 1.807) is 6.20 Å². The lowest BCUT2D eigenvalue weighted by molar-refractivity contribution is -0.107. The molecular weight excluding hydrogens is 186 g/mol. The van der Waals surface area contributed by atoms with Crippen molar-refractivity contribution in [3.63, 3.8) is 0 Å². The van der Waals surface area contributed by atoms with Gasteiger partial charge in [-0.3, -0.25) is 4.98 Å². The minimum Gasteiger partial charge on any atom is -0.303 e. The van der Waals surface area contributed by atoms with Crippen molar-refractivity contribution < 1.29 is 4.79 Å². The summed E-state index contributed by atoms with van der Waals surface area (Å²) in [5.41, 5.74) is 1.10. The number of benzene rings is 1. The van der Waals surface area contributed by atoms with Crippen LogP contribution in [0.5, 0.6) is 0 Å². The van der Waals surface area contributed by atoms with Gasteiger partial charge < -0.3 is 4.79 Å². The molecular formula is C13H11NO. The maximum absolute atomic E-state index is 10.2. The summed E-state index contributed by atoms with van der Waals surface area (Å²) < 4.78 is 0.